The Morgan fingerprint density at radius 3 is 2.83 bits per heavy atom. The van der Waals surface area contributed by atoms with Crippen LogP contribution in [0.25, 0.3) is 0 Å². The average Bonchev–Trinajstić information content (AvgIpc) is 2.40. The summed E-state index contributed by atoms with van der Waals surface area (Å²) in [5.74, 6) is 0.122. The lowest BCUT2D eigenvalue weighted by atomic mass is 9.98. The van der Waals surface area contributed by atoms with Gasteiger partial charge in [0.15, 0.2) is 0 Å². The lowest BCUT2D eigenvalue weighted by Gasteiger charge is -2.14. The van der Waals surface area contributed by atoms with Crippen molar-refractivity contribution in [3.8, 4) is 6.07 Å². The summed E-state index contributed by atoms with van der Waals surface area (Å²) in [5.41, 5.74) is 1.27. The molecule has 0 aliphatic heterocycles. The van der Waals surface area contributed by atoms with Crippen LogP contribution < -0.4 is 5.32 Å². The molecule has 1 atom stereocenters. The Kier molecular flexibility index (Phi) is 5.93. The number of carbonyl (C=O) groups is 1. The number of carbonyl (C=O) groups excluding carboxylic acids is 1. The third-order valence-electron chi connectivity index (χ3n) is 3.03. The molecule has 1 aromatic rings. The zero-order chi connectivity index (χ0) is 13.4. The van der Waals surface area contributed by atoms with Crippen molar-refractivity contribution in [2.75, 3.05) is 5.32 Å². The Balaban J connectivity index is 2.64. The molecule has 96 valence electrons. The fraction of sp³-hybridized carbons (Fsp3) is 0.467. The predicted octanol–water partition coefficient (Wildman–Crippen LogP) is 3.71. The van der Waals surface area contributed by atoms with Crippen molar-refractivity contribution in [1.29, 1.82) is 5.26 Å². The number of rotatable bonds is 6. The van der Waals surface area contributed by atoms with E-state index in [4.69, 9.17) is 5.26 Å². The molecule has 3 nitrogen and oxygen atoms in total. The molecule has 1 aromatic carbocycles. The first kappa shape index (κ1) is 14.2. The Bertz CT molecular complexity index is 434. The van der Waals surface area contributed by atoms with Crippen LogP contribution >= 0.6 is 0 Å². The number of nitriles is 1. The normalized spacial score (nSPS) is 11.6. The minimum Gasteiger partial charge on any atom is -0.326 e. The fourth-order valence-corrected chi connectivity index (χ4v) is 1.88. The van der Waals surface area contributed by atoms with E-state index in [-0.39, 0.29) is 11.8 Å². The first-order chi connectivity index (χ1) is 8.71. The second kappa shape index (κ2) is 7.50. The second-order valence-electron chi connectivity index (χ2n) is 4.43. The number of anilines is 1. The molecular weight excluding hydrogens is 224 g/mol. The first-order valence-electron chi connectivity index (χ1n) is 6.52. The van der Waals surface area contributed by atoms with Gasteiger partial charge in [-0.1, -0.05) is 32.8 Å². The molecule has 18 heavy (non-hydrogen) atoms. The Morgan fingerprint density at radius 1 is 1.44 bits per heavy atom. The highest BCUT2D eigenvalue weighted by molar-refractivity contribution is 5.92. The van der Waals surface area contributed by atoms with E-state index in [2.05, 4.69) is 18.3 Å². The van der Waals surface area contributed by atoms with Crippen molar-refractivity contribution in [1.82, 2.24) is 0 Å². The standard InChI is InChI=1S/C15H20N2O/c1-3-5-8-13(4-2)15(18)17-14-9-6-7-12(10-14)11-16/h6-7,9-10,13H,3-5,8H2,1-2H3,(H,17,18)/t13-/m1/s1. The number of nitrogens with one attached hydrogen (secondary N) is 1. The van der Waals surface area contributed by atoms with Crippen molar-refractivity contribution >= 4 is 11.6 Å². The highest BCUT2D eigenvalue weighted by atomic mass is 16.1. The fourth-order valence-electron chi connectivity index (χ4n) is 1.88. The van der Waals surface area contributed by atoms with Gasteiger partial charge < -0.3 is 5.32 Å². The Labute approximate surface area is 109 Å². The van der Waals surface area contributed by atoms with Crippen molar-refractivity contribution in [3.05, 3.63) is 29.8 Å². The van der Waals surface area contributed by atoms with Gasteiger partial charge in [0.1, 0.15) is 0 Å². The average molecular weight is 244 g/mol. The Hall–Kier alpha value is -1.82. The van der Waals surface area contributed by atoms with Gasteiger partial charge in [-0.05, 0) is 31.0 Å². The molecule has 1 amide bonds. The molecule has 0 bridgehead atoms. The van der Waals surface area contributed by atoms with E-state index < -0.39 is 0 Å². The van der Waals surface area contributed by atoms with Gasteiger partial charge in [-0.2, -0.15) is 5.26 Å². The van der Waals surface area contributed by atoms with E-state index in [0.29, 0.717) is 11.3 Å². The summed E-state index contributed by atoms with van der Waals surface area (Å²) in [5, 5.41) is 11.7. The van der Waals surface area contributed by atoms with Crippen molar-refractivity contribution in [3.63, 3.8) is 0 Å². The van der Waals surface area contributed by atoms with Crippen molar-refractivity contribution in [2.45, 2.75) is 39.5 Å². The van der Waals surface area contributed by atoms with Crippen LogP contribution in [0, 0.1) is 17.2 Å². The van der Waals surface area contributed by atoms with Gasteiger partial charge in [0.2, 0.25) is 5.91 Å². The minimum atomic E-state index is 0.0565. The van der Waals surface area contributed by atoms with Gasteiger partial charge in [-0.15, -0.1) is 0 Å². The van der Waals surface area contributed by atoms with Crippen molar-refractivity contribution < 1.29 is 4.79 Å². The summed E-state index contributed by atoms with van der Waals surface area (Å²) in [6.45, 7) is 4.16. The van der Waals surface area contributed by atoms with Gasteiger partial charge in [0.25, 0.3) is 0 Å². The summed E-state index contributed by atoms with van der Waals surface area (Å²) in [4.78, 5) is 12.1. The topological polar surface area (TPSA) is 52.9 Å². The van der Waals surface area contributed by atoms with Crippen molar-refractivity contribution in [2.24, 2.45) is 5.92 Å². The van der Waals surface area contributed by atoms with Gasteiger partial charge in [0.05, 0.1) is 11.6 Å². The number of amides is 1. The van der Waals surface area contributed by atoms with Crippen LogP contribution in [-0.4, -0.2) is 5.91 Å². The lowest BCUT2D eigenvalue weighted by molar-refractivity contribution is -0.120. The SMILES string of the molecule is CCCC[C@@H](CC)C(=O)Nc1cccc(C#N)c1. The second-order valence-corrected chi connectivity index (χ2v) is 4.43. The maximum Gasteiger partial charge on any atom is 0.227 e. The van der Waals surface area contributed by atoms with Gasteiger partial charge >= 0.3 is 0 Å². The monoisotopic (exact) mass is 244 g/mol. The van der Waals surface area contributed by atoms with Gasteiger partial charge in [-0.25, -0.2) is 0 Å². The molecule has 0 saturated carbocycles. The maximum atomic E-state index is 12.1. The quantitative estimate of drug-likeness (QED) is 0.829. The molecule has 0 aliphatic carbocycles. The highest BCUT2D eigenvalue weighted by Gasteiger charge is 2.15. The van der Waals surface area contributed by atoms with Gasteiger partial charge in [0, 0.05) is 11.6 Å². The number of nitrogens with zero attached hydrogens (tertiary/aromatic N) is 1. The molecular formula is C15H20N2O. The van der Waals surface area contributed by atoms with Crippen LogP contribution in [0.3, 0.4) is 0 Å². The molecule has 0 aromatic heterocycles. The summed E-state index contributed by atoms with van der Waals surface area (Å²) >= 11 is 0. The molecule has 1 rings (SSSR count). The van der Waals surface area contributed by atoms with Crippen LogP contribution in [0.4, 0.5) is 5.69 Å². The molecule has 0 saturated heterocycles. The molecule has 0 radical (unpaired) electrons. The van der Waals surface area contributed by atoms with Crippen LogP contribution in [0.2, 0.25) is 0 Å². The third-order valence-corrected chi connectivity index (χ3v) is 3.03. The van der Waals surface area contributed by atoms with E-state index in [0.717, 1.165) is 25.7 Å². The maximum absolute atomic E-state index is 12.1. The van der Waals surface area contributed by atoms with Crippen LogP contribution in [0.15, 0.2) is 24.3 Å². The van der Waals surface area contributed by atoms with E-state index in [1.165, 1.54) is 0 Å². The Morgan fingerprint density at radius 2 is 2.22 bits per heavy atom. The smallest absolute Gasteiger partial charge is 0.227 e. The summed E-state index contributed by atoms with van der Waals surface area (Å²) in [6.07, 6.45) is 3.96. The summed E-state index contributed by atoms with van der Waals surface area (Å²) in [7, 11) is 0. The van der Waals surface area contributed by atoms with Gasteiger partial charge in [-0.3, -0.25) is 4.79 Å². The first-order valence-corrected chi connectivity index (χ1v) is 6.52. The molecule has 1 N–H and O–H groups in total. The zero-order valence-electron chi connectivity index (χ0n) is 11.1. The highest BCUT2D eigenvalue weighted by Crippen LogP contribution is 2.16. The third kappa shape index (κ3) is 4.21. The number of unbranched alkanes of at least 4 members (excludes halogenated alkanes) is 1. The van der Waals surface area contributed by atoms with E-state index in [9.17, 15) is 4.79 Å². The number of benzene rings is 1. The predicted molar refractivity (Wildman–Crippen MR) is 73.1 cm³/mol. The lowest BCUT2D eigenvalue weighted by Crippen LogP contribution is -2.22. The molecule has 0 fully saturated rings. The summed E-state index contributed by atoms with van der Waals surface area (Å²) < 4.78 is 0. The number of hydrogen-bond donors (Lipinski definition) is 1. The molecule has 0 unspecified atom stereocenters. The van der Waals surface area contributed by atoms with E-state index >= 15 is 0 Å². The molecule has 0 aliphatic rings. The van der Waals surface area contributed by atoms with Crippen LogP contribution in [0.1, 0.15) is 45.1 Å². The zero-order valence-corrected chi connectivity index (χ0v) is 11.1. The van der Waals surface area contributed by atoms with Crippen LogP contribution in [0.5, 0.6) is 0 Å². The van der Waals surface area contributed by atoms with E-state index in [1.807, 2.05) is 13.0 Å². The number of hydrogen-bond acceptors (Lipinski definition) is 2. The largest absolute Gasteiger partial charge is 0.326 e. The molecule has 0 heterocycles. The van der Waals surface area contributed by atoms with E-state index in [1.54, 1.807) is 18.2 Å². The van der Waals surface area contributed by atoms with Crippen LogP contribution in [-0.2, 0) is 4.79 Å². The molecule has 0 spiro atoms. The summed E-state index contributed by atoms with van der Waals surface area (Å²) in [6, 6.07) is 9.08. The molecule has 3 heteroatoms. The minimum absolute atomic E-state index is 0.0565.